The molecule has 1 atom stereocenters. The summed E-state index contributed by atoms with van der Waals surface area (Å²) in [6, 6.07) is 10.1. The molecule has 0 fully saturated rings. The van der Waals surface area contributed by atoms with Crippen LogP contribution >= 0.6 is 0 Å². The molecule has 1 unspecified atom stereocenters. The first-order valence-corrected chi connectivity index (χ1v) is 11.3. The number of nitrogens with one attached hydrogen (secondary N) is 1. The summed E-state index contributed by atoms with van der Waals surface area (Å²) < 4.78 is 0. The van der Waals surface area contributed by atoms with Crippen LogP contribution in [0, 0.1) is 0 Å². The van der Waals surface area contributed by atoms with E-state index in [0.29, 0.717) is 6.54 Å². The molecule has 0 spiro atoms. The molecule has 2 nitrogen and oxygen atoms in total. The molecule has 0 bridgehead atoms. The molecule has 20 heavy (non-hydrogen) atoms. The number of hydrogen-bond acceptors (Lipinski definition) is 1. The molecule has 0 aliphatic carbocycles. The average Bonchev–Trinajstić information content (AvgIpc) is 2.41. The Hall–Kier alpha value is -1.09. The molecular weight excluding hydrogens is 262 g/mol. The van der Waals surface area contributed by atoms with Gasteiger partial charge in [0, 0.05) is 12.1 Å². The Morgan fingerprint density at radius 1 is 1.15 bits per heavy atom. The van der Waals surface area contributed by atoms with Gasteiger partial charge >= 0.3 is 0 Å². The molecule has 1 aromatic carbocycles. The Balaban J connectivity index is 2.55. The first-order valence-electron chi connectivity index (χ1n) is 7.76. The molecule has 112 valence electrons. The van der Waals surface area contributed by atoms with Gasteiger partial charge in [0.2, 0.25) is 5.91 Å². The second kappa shape index (κ2) is 8.25. The van der Waals surface area contributed by atoms with Gasteiger partial charge in [-0.2, -0.15) is 0 Å². The van der Waals surface area contributed by atoms with Crippen LogP contribution < -0.4 is 5.32 Å². The molecule has 1 amide bonds. The third-order valence-electron chi connectivity index (χ3n) is 3.77. The maximum Gasteiger partial charge on any atom is 0.220 e. The largest absolute Gasteiger partial charge is 0.352 e. The highest BCUT2D eigenvalue weighted by atomic mass is 28.3. The predicted molar refractivity (Wildman–Crippen MR) is 89.5 cm³/mol. The van der Waals surface area contributed by atoms with Gasteiger partial charge < -0.3 is 5.32 Å². The zero-order valence-corrected chi connectivity index (χ0v) is 14.4. The van der Waals surface area contributed by atoms with E-state index in [4.69, 9.17) is 0 Å². The smallest absolute Gasteiger partial charge is 0.220 e. The molecule has 1 N–H and O–H groups in total. The van der Waals surface area contributed by atoms with Crippen LogP contribution in [-0.2, 0) is 11.3 Å². The van der Waals surface area contributed by atoms with Crippen molar-refractivity contribution in [3.8, 4) is 0 Å². The van der Waals surface area contributed by atoms with Crippen molar-refractivity contribution in [2.45, 2.75) is 64.3 Å². The average molecular weight is 292 g/mol. The van der Waals surface area contributed by atoms with Crippen LogP contribution in [-0.4, -0.2) is 14.0 Å². The van der Waals surface area contributed by atoms with Gasteiger partial charge in [0.1, 0.15) is 0 Å². The van der Waals surface area contributed by atoms with Crippen LogP contribution in [0.15, 0.2) is 30.3 Å². The van der Waals surface area contributed by atoms with Crippen LogP contribution in [0.2, 0.25) is 25.2 Å². The van der Waals surface area contributed by atoms with Crippen molar-refractivity contribution in [1.29, 1.82) is 0 Å². The van der Waals surface area contributed by atoms with Crippen LogP contribution in [0.5, 0.6) is 0 Å². The molecule has 1 aromatic rings. The third kappa shape index (κ3) is 5.91. The van der Waals surface area contributed by atoms with Crippen molar-refractivity contribution in [2.75, 3.05) is 0 Å². The van der Waals surface area contributed by atoms with Gasteiger partial charge in [-0.3, -0.25) is 4.79 Å². The number of rotatable bonds is 8. The molecule has 0 aliphatic rings. The maximum absolute atomic E-state index is 12.5. The summed E-state index contributed by atoms with van der Waals surface area (Å²) in [6.07, 6.45) is 4.66. The zero-order valence-electron chi connectivity index (χ0n) is 13.4. The fraction of sp³-hybridized carbons (Fsp3) is 0.588. The first kappa shape index (κ1) is 17.0. The van der Waals surface area contributed by atoms with Gasteiger partial charge in [0.05, 0.1) is 8.07 Å². The Bertz CT molecular complexity index is 397. The fourth-order valence-corrected chi connectivity index (χ4v) is 4.42. The lowest BCUT2D eigenvalue weighted by molar-refractivity contribution is -0.121. The van der Waals surface area contributed by atoms with E-state index in [1.165, 1.54) is 24.8 Å². The third-order valence-corrected chi connectivity index (χ3v) is 6.41. The van der Waals surface area contributed by atoms with E-state index in [1.807, 2.05) is 18.2 Å². The Kier molecular flexibility index (Phi) is 7.00. The molecule has 0 radical (unpaired) electrons. The lowest BCUT2D eigenvalue weighted by Crippen LogP contribution is -2.40. The lowest BCUT2D eigenvalue weighted by Gasteiger charge is -2.28. The Morgan fingerprint density at radius 2 is 1.80 bits per heavy atom. The summed E-state index contributed by atoms with van der Waals surface area (Å²) in [7, 11) is -1.45. The van der Waals surface area contributed by atoms with Gasteiger partial charge in [0.15, 0.2) is 0 Å². The molecule has 0 aromatic heterocycles. The number of hydrogen-bond donors (Lipinski definition) is 1. The quantitative estimate of drug-likeness (QED) is 0.551. The van der Waals surface area contributed by atoms with Crippen molar-refractivity contribution in [3.63, 3.8) is 0 Å². The zero-order chi connectivity index (χ0) is 15.0. The van der Waals surface area contributed by atoms with E-state index in [9.17, 15) is 4.79 Å². The van der Waals surface area contributed by atoms with Gasteiger partial charge in [-0.05, 0) is 12.0 Å². The SMILES string of the molecule is CCCCCC(C(=O)NCc1ccccc1)[Si](C)(C)C. The molecule has 3 heteroatoms. The van der Waals surface area contributed by atoms with E-state index in [1.54, 1.807) is 0 Å². The Labute approximate surface area is 125 Å². The number of amides is 1. The van der Waals surface area contributed by atoms with Gasteiger partial charge in [0.25, 0.3) is 0 Å². The Morgan fingerprint density at radius 3 is 2.35 bits per heavy atom. The molecule has 0 heterocycles. The molecule has 0 saturated heterocycles. The monoisotopic (exact) mass is 291 g/mol. The summed E-state index contributed by atoms with van der Waals surface area (Å²) in [5, 5.41) is 3.13. The summed E-state index contributed by atoms with van der Waals surface area (Å²) in [6.45, 7) is 9.75. The minimum Gasteiger partial charge on any atom is -0.352 e. The minimum atomic E-state index is -1.45. The van der Waals surface area contributed by atoms with Crippen molar-refractivity contribution in [3.05, 3.63) is 35.9 Å². The number of carbonyl (C=O) groups is 1. The predicted octanol–water partition coefficient (Wildman–Crippen LogP) is 4.59. The van der Waals surface area contributed by atoms with Crippen molar-refractivity contribution < 1.29 is 4.79 Å². The second-order valence-corrected chi connectivity index (χ2v) is 12.0. The maximum atomic E-state index is 12.5. The van der Waals surface area contributed by atoms with E-state index in [2.05, 4.69) is 44.0 Å². The summed E-state index contributed by atoms with van der Waals surface area (Å²) in [5.41, 5.74) is 1.40. The molecule has 0 saturated carbocycles. The highest BCUT2D eigenvalue weighted by molar-refractivity contribution is 6.80. The number of carbonyl (C=O) groups excluding carboxylic acids is 1. The first-order chi connectivity index (χ1) is 9.45. The van der Waals surface area contributed by atoms with Crippen molar-refractivity contribution in [2.24, 2.45) is 0 Å². The summed E-state index contributed by atoms with van der Waals surface area (Å²) >= 11 is 0. The van der Waals surface area contributed by atoms with Gasteiger partial charge in [-0.1, -0.05) is 76.2 Å². The van der Waals surface area contributed by atoms with E-state index < -0.39 is 8.07 Å². The van der Waals surface area contributed by atoms with Crippen molar-refractivity contribution in [1.82, 2.24) is 5.32 Å². The topological polar surface area (TPSA) is 29.1 Å². The highest BCUT2D eigenvalue weighted by Gasteiger charge is 2.32. The van der Waals surface area contributed by atoms with Gasteiger partial charge in [-0.15, -0.1) is 0 Å². The summed E-state index contributed by atoms with van der Waals surface area (Å²) in [5.74, 6) is 0.254. The van der Waals surface area contributed by atoms with Crippen molar-refractivity contribution >= 4 is 14.0 Å². The number of unbranched alkanes of at least 4 members (excludes halogenated alkanes) is 2. The van der Waals surface area contributed by atoms with Gasteiger partial charge in [-0.25, -0.2) is 0 Å². The molecular formula is C17H29NOSi. The highest BCUT2D eigenvalue weighted by Crippen LogP contribution is 2.28. The van der Waals surface area contributed by atoms with Crippen LogP contribution in [0.1, 0.15) is 38.2 Å². The number of benzene rings is 1. The minimum absolute atomic E-state index is 0.234. The normalized spacial score (nSPS) is 13.0. The second-order valence-electron chi connectivity index (χ2n) is 6.62. The van der Waals surface area contributed by atoms with E-state index in [-0.39, 0.29) is 11.4 Å². The van der Waals surface area contributed by atoms with Crippen LogP contribution in [0.25, 0.3) is 0 Å². The summed E-state index contributed by atoms with van der Waals surface area (Å²) in [4.78, 5) is 12.5. The fourth-order valence-electron chi connectivity index (χ4n) is 2.46. The van der Waals surface area contributed by atoms with E-state index in [0.717, 1.165) is 6.42 Å². The van der Waals surface area contributed by atoms with Crippen LogP contribution in [0.4, 0.5) is 0 Å². The van der Waals surface area contributed by atoms with Crippen LogP contribution in [0.3, 0.4) is 0 Å². The lowest BCUT2D eigenvalue weighted by atomic mass is 10.1. The standard InChI is InChI=1S/C17H29NOSi/c1-5-6-8-13-16(20(2,3)4)17(19)18-14-15-11-9-7-10-12-15/h7,9-12,16H,5-6,8,13-14H2,1-4H3,(H,18,19). The molecule has 1 rings (SSSR count). The molecule has 0 aliphatic heterocycles. The van der Waals surface area contributed by atoms with E-state index >= 15 is 0 Å².